The van der Waals surface area contributed by atoms with Gasteiger partial charge in [-0.15, -0.1) is 0 Å². The summed E-state index contributed by atoms with van der Waals surface area (Å²) in [6.07, 6.45) is 1.89. The maximum absolute atomic E-state index is 12.5. The van der Waals surface area contributed by atoms with Crippen LogP contribution in [0.3, 0.4) is 0 Å². The number of anilines is 1. The number of hydrogen-bond donors (Lipinski definition) is 1. The minimum Gasteiger partial charge on any atom is -0.325 e. The first kappa shape index (κ1) is 21.3. The molecule has 2 heterocycles. The molecule has 0 atom stereocenters. The number of imidazole rings is 1. The van der Waals surface area contributed by atoms with Crippen LogP contribution in [-0.2, 0) is 4.79 Å². The molecule has 32 heavy (non-hydrogen) atoms. The van der Waals surface area contributed by atoms with Crippen LogP contribution in [0.25, 0.3) is 28.2 Å². The second kappa shape index (κ2) is 7.93. The Bertz CT molecular complexity index is 1390. The van der Waals surface area contributed by atoms with E-state index in [1.165, 1.54) is 0 Å². The standard InChI is InChI=1S/C26H25N5O/c1-16-6-8-19(13-22(16)29-25(32)26(3,4)5)23-15-31-24(28-23)11-10-21(30-31)20-9-7-18(14-27)12-17(20)2/h6-13,15H,1-5H3,(H,29,32). The molecular weight excluding hydrogens is 398 g/mol. The maximum atomic E-state index is 12.5. The normalized spacial score (nSPS) is 11.4. The van der Waals surface area contributed by atoms with Crippen molar-refractivity contribution in [1.82, 2.24) is 14.6 Å². The first-order valence-electron chi connectivity index (χ1n) is 10.5. The third-order valence-corrected chi connectivity index (χ3v) is 5.41. The first-order chi connectivity index (χ1) is 15.2. The molecule has 0 saturated heterocycles. The van der Waals surface area contributed by atoms with Crippen LogP contribution in [0.2, 0.25) is 0 Å². The number of amides is 1. The smallest absolute Gasteiger partial charge is 0.229 e. The van der Waals surface area contributed by atoms with Gasteiger partial charge in [-0.2, -0.15) is 10.4 Å². The Kier molecular flexibility index (Phi) is 5.27. The van der Waals surface area contributed by atoms with Crippen LogP contribution >= 0.6 is 0 Å². The summed E-state index contributed by atoms with van der Waals surface area (Å²) in [6.45, 7) is 9.62. The zero-order valence-electron chi connectivity index (χ0n) is 18.9. The number of fused-ring (bicyclic) bond motifs is 1. The Balaban J connectivity index is 1.70. The molecule has 6 heteroatoms. The number of benzene rings is 2. The van der Waals surface area contributed by atoms with Crippen molar-refractivity contribution in [2.24, 2.45) is 5.41 Å². The highest BCUT2D eigenvalue weighted by Crippen LogP contribution is 2.28. The van der Waals surface area contributed by atoms with Gasteiger partial charge in [-0.05, 0) is 55.3 Å². The fourth-order valence-corrected chi connectivity index (χ4v) is 3.41. The monoisotopic (exact) mass is 423 g/mol. The predicted octanol–water partition coefficient (Wildman–Crippen LogP) is 5.54. The van der Waals surface area contributed by atoms with E-state index in [9.17, 15) is 4.79 Å². The third-order valence-electron chi connectivity index (χ3n) is 5.41. The van der Waals surface area contributed by atoms with Gasteiger partial charge in [0.1, 0.15) is 0 Å². The summed E-state index contributed by atoms with van der Waals surface area (Å²) in [5, 5.41) is 16.9. The highest BCUT2D eigenvalue weighted by atomic mass is 16.2. The van der Waals surface area contributed by atoms with Crippen LogP contribution in [0.5, 0.6) is 0 Å². The largest absolute Gasteiger partial charge is 0.325 e. The average molecular weight is 424 g/mol. The number of hydrogen-bond acceptors (Lipinski definition) is 4. The summed E-state index contributed by atoms with van der Waals surface area (Å²) >= 11 is 0. The Labute approximate surface area is 187 Å². The van der Waals surface area contributed by atoms with Crippen molar-refractivity contribution in [2.45, 2.75) is 34.6 Å². The van der Waals surface area contributed by atoms with Gasteiger partial charge in [-0.3, -0.25) is 4.79 Å². The number of nitrogens with zero attached hydrogens (tertiary/aromatic N) is 4. The fourth-order valence-electron chi connectivity index (χ4n) is 3.41. The molecule has 0 saturated carbocycles. The van der Waals surface area contributed by atoms with E-state index >= 15 is 0 Å². The number of aromatic nitrogens is 3. The number of aryl methyl sites for hydroxylation is 2. The lowest BCUT2D eigenvalue weighted by Gasteiger charge is -2.19. The minimum atomic E-state index is -0.477. The molecule has 0 radical (unpaired) electrons. The Morgan fingerprint density at radius 2 is 1.78 bits per heavy atom. The van der Waals surface area contributed by atoms with Gasteiger partial charge in [0.25, 0.3) is 0 Å². The lowest BCUT2D eigenvalue weighted by molar-refractivity contribution is -0.123. The number of nitriles is 1. The molecule has 160 valence electrons. The van der Waals surface area contributed by atoms with Crippen molar-refractivity contribution in [3.63, 3.8) is 0 Å². The zero-order chi connectivity index (χ0) is 23.0. The molecule has 0 aliphatic rings. The zero-order valence-corrected chi connectivity index (χ0v) is 18.9. The summed E-state index contributed by atoms with van der Waals surface area (Å²) in [4.78, 5) is 17.2. The van der Waals surface area contributed by atoms with Gasteiger partial charge in [0.05, 0.1) is 29.2 Å². The average Bonchev–Trinajstić information content (AvgIpc) is 3.17. The van der Waals surface area contributed by atoms with Crippen LogP contribution in [0.4, 0.5) is 5.69 Å². The van der Waals surface area contributed by atoms with E-state index in [-0.39, 0.29) is 5.91 Å². The SMILES string of the molecule is Cc1ccc(-c2cn3nc(-c4ccc(C#N)cc4C)ccc3n2)cc1NC(=O)C(C)(C)C. The highest BCUT2D eigenvalue weighted by Gasteiger charge is 2.22. The molecule has 0 aliphatic heterocycles. The molecule has 4 rings (SSSR count). The van der Waals surface area contributed by atoms with Gasteiger partial charge >= 0.3 is 0 Å². The lowest BCUT2D eigenvalue weighted by atomic mass is 9.95. The molecule has 4 aromatic rings. The predicted molar refractivity (Wildman–Crippen MR) is 126 cm³/mol. The molecule has 0 aliphatic carbocycles. The third kappa shape index (κ3) is 4.10. The van der Waals surface area contributed by atoms with Gasteiger partial charge < -0.3 is 5.32 Å². The van der Waals surface area contributed by atoms with Crippen molar-refractivity contribution in [2.75, 3.05) is 5.32 Å². The van der Waals surface area contributed by atoms with Gasteiger partial charge in [0.2, 0.25) is 5.91 Å². The summed E-state index contributed by atoms with van der Waals surface area (Å²) < 4.78 is 1.76. The molecule has 0 fully saturated rings. The Morgan fingerprint density at radius 3 is 2.47 bits per heavy atom. The Hall–Kier alpha value is -3.98. The molecule has 2 aromatic heterocycles. The molecular formula is C26H25N5O. The van der Waals surface area contributed by atoms with Gasteiger partial charge in [-0.1, -0.05) is 39.0 Å². The van der Waals surface area contributed by atoms with E-state index in [4.69, 9.17) is 15.3 Å². The topological polar surface area (TPSA) is 83.1 Å². The van der Waals surface area contributed by atoms with Crippen molar-refractivity contribution in [1.29, 1.82) is 5.26 Å². The number of nitrogens with one attached hydrogen (secondary N) is 1. The first-order valence-corrected chi connectivity index (χ1v) is 10.5. The van der Waals surface area contributed by atoms with E-state index in [2.05, 4.69) is 11.4 Å². The minimum absolute atomic E-state index is 0.0307. The second-order valence-electron chi connectivity index (χ2n) is 9.02. The highest BCUT2D eigenvalue weighted by molar-refractivity contribution is 5.95. The summed E-state index contributed by atoms with van der Waals surface area (Å²) in [7, 11) is 0. The van der Waals surface area contributed by atoms with Crippen LogP contribution in [0.1, 0.15) is 37.5 Å². The number of carbonyl (C=O) groups excluding carboxylic acids is 1. The van der Waals surface area contributed by atoms with Crippen LogP contribution < -0.4 is 5.32 Å². The van der Waals surface area contributed by atoms with E-state index in [0.29, 0.717) is 5.56 Å². The van der Waals surface area contributed by atoms with E-state index in [1.54, 1.807) is 10.6 Å². The van der Waals surface area contributed by atoms with E-state index in [1.807, 2.05) is 83.3 Å². The van der Waals surface area contributed by atoms with E-state index in [0.717, 1.165) is 45.0 Å². The second-order valence-corrected chi connectivity index (χ2v) is 9.02. The molecule has 0 spiro atoms. The maximum Gasteiger partial charge on any atom is 0.229 e. The van der Waals surface area contributed by atoms with Crippen LogP contribution in [-0.4, -0.2) is 20.5 Å². The molecule has 2 aromatic carbocycles. The van der Waals surface area contributed by atoms with Crippen molar-refractivity contribution in [3.8, 4) is 28.6 Å². The van der Waals surface area contributed by atoms with Crippen LogP contribution in [0.15, 0.2) is 54.7 Å². The number of carbonyl (C=O) groups is 1. The fraction of sp³-hybridized carbons (Fsp3) is 0.231. The van der Waals surface area contributed by atoms with Gasteiger partial charge in [0.15, 0.2) is 5.65 Å². The lowest BCUT2D eigenvalue weighted by Crippen LogP contribution is -2.27. The van der Waals surface area contributed by atoms with Crippen LogP contribution in [0, 0.1) is 30.6 Å². The quantitative estimate of drug-likeness (QED) is 0.469. The summed E-state index contributed by atoms with van der Waals surface area (Å²) in [6, 6.07) is 17.5. The van der Waals surface area contributed by atoms with Crippen molar-refractivity contribution in [3.05, 3.63) is 71.4 Å². The molecule has 0 unspecified atom stereocenters. The van der Waals surface area contributed by atoms with Crippen molar-refractivity contribution < 1.29 is 4.79 Å². The van der Waals surface area contributed by atoms with Crippen molar-refractivity contribution >= 4 is 17.2 Å². The van der Waals surface area contributed by atoms with Gasteiger partial charge in [-0.25, -0.2) is 9.50 Å². The molecule has 1 N–H and O–H groups in total. The summed E-state index contributed by atoms with van der Waals surface area (Å²) in [5.74, 6) is -0.0307. The number of rotatable bonds is 3. The molecule has 1 amide bonds. The van der Waals surface area contributed by atoms with Gasteiger partial charge in [0, 0.05) is 22.2 Å². The Morgan fingerprint density at radius 1 is 1.00 bits per heavy atom. The molecule has 0 bridgehead atoms. The molecule has 6 nitrogen and oxygen atoms in total. The van der Waals surface area contributed by atoms with E-state index < -0.39 is 5.41 Å². The summed E-state index contributed by atoms with van der Waals surface area (Å²) in [5.41, 5.74) is 7.12.